The second-order valence-corrected chi connectivity index (χ2v) is 9.23. The second kappa shape index (κ2) is 9.24. The van der Waals surface area contributed by atoms with Crippen LogP contribution in [-0.2, 0) is 12.3 Å². The number of rotatable bonds is 7. The van der Waals surface area contributed by atoms with E-state index in [1.54, 1.807) is 22.8 Å². The van der Waals surface area contributed by atoms with Crippen LogP contribution in [0.25, 0.3) is 22.4 Å². The average molecular weight is 455 g/mol. The van der Waals surface area contributed by atoms with E-state index in [-0.39, 0.29) is 5.56 Å². The van der Waals surface area contributed by atoms with Gasteiger partial charge < -0.3 is 4.42 Å². The second-order valence-electron chi connectivity index (χ2n) is 7.85. The summed E-state index contributed by atoms with van der Waals surface area (Å²) in [7, 11) is 0. The maximum absolute atomic E-state index is 13.1. The van der Waals surface area contributed by atoms with Crippen molar-refractivity contribution in [2.45, 2.75) is 44.6 Å². The third-order valence-corrected chi connectivity index (χ3v) is 6.10. The zero-order valence-electron chi connectivity index (χ0n) is 17.6. The highest BCUT2D eigenvalue weighted by Gasteiger charge is 2.15. The van der Waals surface area contributed by atoms with Crippen molar-refractivity contribution >= 4 is 34.3 Å². The summed E-state index contributed by atoms with van der Waals surface area (Å²) in [5.41, 5.74) is 2.57. The van der Waals surface area contributed by atoms with Crippen molar-refractivity contribution in [3.05, 3.63) is 69.3 Å². The Balaban J connectivity index is 1.62. The Morgan fingerprint density at radius 3 is 2.65 bits per heavy atom. The zero-order valence-corrected chi connectivity index (χ0v) is 19.2. The lowest BCUT2D eigenvalue weighted by molar-refractivity contribution is 0.480. The molecule has 160 valence electrons. The van der Waals surface area contributed by atoms with E-state index in [1.165, 1.54) is 17.3 Å². The van der Waals surface area contributed by atoms with Gasteiger partial charge in [-0.15, -0.1) is 10.2 Å². The van der Waals surface area contributed by atoms with Gasteiger partial charge in [-0.1, -0.05) is 54.9 Å². The van der Waals surface area contributed by atoms with E-state index in [0.29, 0.717) is 51.1 Å². The fraction of sp³-hybridized carbons (Fsp3) is 0.304. The molecule has 0 saturated heterocycles. The molecule has 0 aliphatic carbocycles. The zero-order chi connectivity index (χ0) is 22.0. The van der Waals surface area contributed by atoms with E-state index >= 15 is 0 Å². The van der Waals surface area contributed by atoms with Crippen LogP contribution in [0.2, 0.25) is 5.02 Å². The number of hydrogen-bond donors (Lipinski definition) is 0. The van der Waals surface area contributed by atoms with Gasteiger partial charge in [0.15, 0.2) is 5.16 Å². The van der Waals surface area contributed by atoms with Gasteiger partial charge >= 0.3 is 0 Å². The number of aromatic nitrogens is 4. The predicted molar refractivity (Wildman–Crippen MR) is 125 cm³/mol. The Morgan fingerprint density at radius 1 is 1.13 bits per heavy atom. The van der Waals surface area contributed by atoms with Crippen LogP contribution in [0.4, 0.5) is 0 Å². The molecule has 0 spiro atoms. The molecule has 0 bridgehead atoms. The summed E-state index contributed by atoms with van der Waals surface area (Å²) < 4.78 is 7.56. The van der Waals surface area contributed by atoms with Gasteiger partial charge in [0.2, 0.25) is 11.8 Å². The molecule has 31 heavy (non-hydrogen) atoms. The first-order valence-corrected chi connectivity index (χ1v) is 11.5. The summed E-state index contributed by atoms with van der Waals surface area (Å²) in [4.78, 5) is 17.8. The van der Waals surface area contributed by atoms with Crippen molar-refractivity contribution in [1.29, 1.82) is 0 Å². The van der Waals surface area contributed by atoms with Gasteiger partial charge in [0.05, 0.1) is 16.7 Å². The van der Waals surface area contributed by atoms with Gasteiger partial charge in [-0.3, -0.25) is 9.36 Å². The van der Waals surface area contributed by atoms with E-state index < -0.39 is 0 Å². The smallest absolute Gasteiger partial charge is 0.262 e. The summed E-state index contributed by atoms with van der Waals surface area (Å²) in [6, 6.07) is 13.1. The standard InChI is InChI=1S/C23H23ClN4O2S/c1-14(2)10-11-28-22(29)18-9-8-17(24)12-19(18)25-23(28)31-13-20-26-27-21(30-20)16-6-4-15(3)5-7-16/h4-9,12,14H,10-11,13H2,1-3H3. The Hall–Kier alpha value is -2.64. The highest BCUT2D eigenvalue weighted by atomic mass is 35.5. The van der Waals surface area contributed by atoms with Crippen LogP contribution in [0.3, 0.4) is 0 Å². The van der Waals surface area contributed by atoms with E-state index in [0.717, 1.165) is 12.0 Å². The van der Waals surface area contributed by atoms with Gasteiger partial charge in [-0.2, -0.15) is 0 Å². The van der Waals surface area contributed by atoms with E-state index in [4.69, 9.17) is 21.0 Å². The monoisotopic (exact) mass is 454 g/mol. The van der Waals surface area contributed by atoms with Crippen molar-refractivity contribution in [2.24, 2.45) is 5.92 Å². The van der Waals surface area contributed by atoms with Crippen LogP contribution in [0.1, 0.15) is 31.7 Å². The molecule has 0 aliphatic rings. The first kappa shape index (κ1) is 21.6. The largest absolute Gasteiger partial charge is 0.420 e. The predicted octanol–water partition coefficient (Wildman–Crippen LogP) is 5.75. The molecule has 0 fully saturated rings. The first-order chi connectivity index (χ1) is 14.9. The minimum Gasteiger partial charge on any atom is -0.420 e. The highest BCUT2D eigenvalue weighted by Crippen LogP contribution is 2.25. The molecular formula is C23H23ClN4O2S. The third-order valence-electron chi connectivity index (χ3n) is 4.90. The average Bonchev–Trinajstić information content (AvgIpc) is 3.21. The van der Waals surface area contributed by atoms with Crippen molar-refractivity contribution < 1.29 is 4.42 Å². The van der Waals surface area contributed by atoms with Gasteiger partial charge in [0.1, 0.15) is 0 Å². The quantitative estimate of drug-likeness (QED) is 0.261. The molecule has 4 rings (SSSR count). The van der Waals surface area contributed by atoms with Gasteiger partial charge in [0, 0.05) is 17.1 Å². The number of aryl methyl sites for hydroxylation is 1. The van der Waals surface area contributed by atoms with Crippen LogP contribution in [-0.4, -0.2) is 19.7 Å². The van der Waals surface area contributed by atoms with Crippen LogP contribution >= 0.6 is 23.4 Å². The highest BCUT2D eigenvalue weighted by molar-refractivity contribution is 7.98. The lowest BCUT2D eigenvalue weighted by atomic mass is 10.1. The van der Waals surface area contributed by atoms with E-state index in [9.17, 15) is 4.79 Å². The number of thioether (sulfide) groups is 1. The molecule has 0 N–H and O–H groups in total. The Bertz CT molecular complexity index is 1270. The van der Waals surface area contributed by atoms with E-state index in [1.807, 2.05) is 31.2 Å². The Labute approximate surface area is 189 Å². The first-order valence-electron chi connectivity index (χ1n) is 10.1. The van der Waals surface area contributed by atoms with Crippen LogP contribution in [0.5, 0.6) is 0 Å². The summed E-state index contributed by atoms with van der Waals surface area (Å²) in [6.07, 6.45) is 0.881. The van der Waals surface area contributed by atoms with E-state index in [2.05, 4.69) is 24.0 Å². The maximum atomic E-state index is 13.1. The molecular weight excluding hydrogens is 432 g/mol. The van der Waals surface area contributed by atoms with Gasteiger partial charge in [-0.25, -0.2) is 4.98 Å². The summed E-state index contributed by atoms with van der Waals surface area (Å²) in [5, 5.41) is 10.1. The fourth-order valence-electron chi connectivity index (χ4n) is 3.12. The van der Waals surface area contributed by atoms with Crippen molar-refractivity contribution in [2.75, 3.05) is 0 Å². The molecule has 0 atom stereocenters. The summed E-state index contributed by atoms with van der Waals surface area (Å²) >= 11 is 7.53. The Morgan fingerprint density at radius 2 is 1.90 bits per heavy atom. The SMILES string of the molecule is Cc1ccc(-c2nnc(CSc3nc4cc(Cl)ccc4c(=O)n3CCC(C)C)o2)cc1. The molecule has 2 aromatic carbocycles. The Kier molecular flexibility index (Phi) is 6.43. The van der Waals surface area contributed by atoms with Crippen molar-refractivity contribution in [3.63, 3.8) is 0 Å². The van der Waals surface area contributed by atoms with Gasteiger partial charge in [0.25, 0.3) is 5.56 Å². The number of halogens is 1. The normalized spacial score (nSPS) is 11.5. The summed E-state index contributed by atoms with van der Waals surface area (Å²) in [6.45, 7) is 6.90. The molecule has 0 aliphatic heterocycles. The number of fused-ring (bicyclic) bond motifs is 1. The maximum Gasteiger partial charge on any atom is 0.262 e. The molecule has 6 nitrogen and oxygen atoms in total. The molecule has 0 unspecified atom stereocenters. The van der Waals surface area contributed by atoms with Crippen LogP contribution in [0, 0.1) is 12.8 Å². The molecule has 0 saturated carbocycles. The third kappa shape index (κ3) is 4.99. The summed E-state index contributed by atoms with van der Waals surface area (Å²) in [5.74, 6) is 1.85. The van der Waals surface area contributed by atoms with Crippen LogP contribution in [0.15, 0.2) is 56.8 Å². The lowest BCUT2D eigenvalue weighted by Crippen LogP contribution is -2.24. The van der Waals surface area contributed by atoms with Gasteiger partial charge in [-0.05, 0) is 49.6 Å². The molecule has 8 heteroatoms. The fourth-order valence-corrected chi connectivity index (χ4v) is 4.15. The molecule has 0 radical (unpaired) electrons. The molecule has 0 amide bonds. The topological polar surface area (TPSA) is 73.8 Å². The molecule has 2 aromatic heterocycles. The molecule has 4 aromatic rings. The lowest BCUT2D eigenvalue weighted by Gasteiger charge is -2.13. The number of nitrogens with zero attached hydrogens (tertiary/aromatic N) is 4. The number of hydrogen-bond acceptors (Lipinski definition) is 6. The minimum atomic E-state index is -0.0595. The van der Waals surface area contributed by atoms with Crippen molar-refractivity contribution in [3.8, 4) is 11.5 Å². The minimum absolute atomic E-state index is 0.0595. The molecule has 2 heterocycles. The van der Waals surface area contributed by atoms with Crippen LogP contribution < -0.4 is 5.56 Å². The van der Waals surface area contributed by atoms with Crippen molar-refractivity contribution in [1.82, 2.24) is 19.7 Å². The number of benzene rings is 2.